The monoisotopic (exact) mass is 505 g/mol. The Balaban J connectivity index is 1.03. The fourth-order valence-corrected chi connectivity index (χ4v) is 5.87. The molecule has 5 rings (SSSR count). The van der Waals surface area contributed by atoms with Gasteiger partial charge >= 0.3 is 5.97 Å². The average molecular weight is 506 g/mol. The molecule has 8 heteroatoms. The van der Waals surface area contributed by atoms with Crippen LogP contribution in [0, 0.1) is 5.92 Å². The molecule has 4 heterocycles. The number of amides is 1. The zero-order valence-electron chi connectivity index (χ0n) is 21.6. The molecule has 1 aromatic heterocycles. The summed E-state index contributed by atoms with van der Waals surface area (Å²) in [5.41, 5.74) is 3.64. The zero-order chi connectivity index (χ0) is 25.6. The first kappa shape index (κ1) is 25.7. The number of likely N-dealkylation sites (tertiary alicyclic amines) is 2. The first-order chi connectivity index (χ1) is 18.0. The molecule has 0 radical (unpaired) electrons. The lowest BCUT2D eigenvalue weighted by atomic mass is 9.93. The molecule has 2 fully saturated rings. The molecule has 0 spiro atoms. The van der Waals surface area contributed by atoms with Crippen molar-refractivity contribution in [1.29, 1.82) is 0 Å². The van der Waals surface area contributed by atoms with E-state index >= 15 is 0 Å². The van der Waals surface area contributed by atoms with Crippen molar-refractivity contribution in [3.05, 3.63) is 59.3 Å². The molecule has 1 amide bonds. The SMILES string of the molecule is O=C(O)C(CCN1CC(CCc2ccc3c(n2)NCCC3)C1)NC(=O)[C@@H]1CCCN1Cc1ccccc1. The van der Waals surface area contributed by atoms with E-state index in [-0.39, 0.29) is 11.9 Å². The second kappa shape index (κ2) is 12.0. The Labute approximate surface area is 219 Å². The molecular formula is C29H39N5O3. The van der Waals surface area contributed by atoms with Crippen LogP contribution < -0.4 is 10.6 Å². The number of aliphatic carboxylic acids is 1. The number of rotatable bonds is 11. The molecule has 2 atom stereocenters. The van der Waals surface area contributed by atoms with E-state index < -0.39 is 12.0 Å². The molecular weight excluding hydrogens is 466 g/mol. The average Bonchev–Trinajstić information content (AvgIpc) is 3.35. The van der Waals surface area contributed by atoms with E-state index in [0.29, 0.717) is 25.4 Å². The lowest BCUT2D eigenvalue weighted by Crippen LogP contribution is -2.52. The molecule has 1 unspecified atom stereocenters. The van der Waals surface area contributed by atoms with Crippen LogP contribution in [0.1, 0.15) is 48.9 Å². The number of nitrogens with zero attached hydrogens (tertiary/aromatic N) is 3. The van der Waals surface area contributed by atoms with Gasteiger partial charge in [0, 0.05) is 38.4 Å². The minimum Gasteiger partial charge on any atom is -0.480 e. The Morgan fingerprint density at radius 1 is 1.14 bits per heavy atom. The molecule has 3 aliphatic heterocycles. The third-order valence-electron chi connectivity index (χ3n) is 8.04. The number of carbonyl (C=O) groups is 2. The van der Waals surface area contributed by atoms with Gasteiger partial charge in [0.1, 0.15) is 11.9 Å². The Morgan fingerprint density at radius 3 is 2.78 bits per heavy atom. The number of carboxylic acid groups (broad SMARTS) is 1. The number of hydrogen-bond acceptors (Lipinski definition) is 6. The molecule has 3 N–H and O–H groups in total. The minimum absolute atomic E-state index is 0.158. The second-order valence-corrected chi connectivity index (χ2v) is 10.8. The summed E-state index contributed by atoms with van der Waals surface area (Å²) in [5, 5.41) is 16.0. The second-order valence-electron chi connectivity index (χ2n) is 10.8. The molecule has 0 aliphatic carbocycles. The first-order valence-corrected chi connectivity index (χ1v) is 13.8. The number of aryl methyl sites for hydroxylation is 2. The molecule has 1 aromatic carbocycles. The van der Waals surface area contributed by atoms with Crippen LogP contribution in [0.25, 0.3) is 0 Å². The van der Waals surface area contributed by atoms with Crippen LogP contribution in [0.2, 0.25) is 0 Å². The minimum atomic E-state index is -0.954. The van der Waals surface area contributed by atoms with Crippen LogP contribution in [-0.4, -0.2) is 76.6 Å². The van der Waals surface area contributed by atoms with E-state index in [9.17, 15) is 14.7 Å². The van der Waals surface area contributed by atoms with Crippen LogP contribution in [0.15, 0.2) is 42.5 Å². The standard InChI is InChI=1S/C29H39N5O3/c35-28(26-9-5-16-34(26)20-21-6-2-1-3-7-21)32-25(29(36)37)14-17-33-18-22(19-33)10-12-24-13-11-23-8-4-15-30-27(23)31-24/h1-3,6-7,11,13,22,25-26H,4-5,8-10,12,14-20H2,(H,30,31)(H,32,35)(H,36,37)/t25?,26-/m0/s1. The van der Waals surface area contributed by atoms with Gasteiger partial charge in [-0.1, -0.05) is 36.4 Å². The van der Waals surface area contributed by atoms with Crippen molar-refractivity contribution in [2.24, 2.45) is 5.92 Å². The first-order valence-electron chi connectivity index (χ1n) is 13.8. The number of carbonyl (C=O) groups excluding carboxylic acids is 1. The van der Waals surface area contributed by atoms with Gasteiger partial charge in [0.05, 0.1) is 6.04 Å². The third-order valence-corrected chi connectivity index (χ3v) is 8.04. The number of benzene rings is 1. The van der Waals surface area contributed by atoms with E-state index in [1.54, 1.807) is 0 Å². The summed E-state index contributed by atoms with van der Waals surface area (Å²) in [5.74, 6) is 0.565. The number of nitrogens with one attached hydrogen (secondary N) is 2. The van der Waals surface area contributed by atoms with Gasteiger partial charge in [0.25, 0.3) is 0 Å². The molecule has 37 heavy (non-hydrogen) atoms. The van der Waals surface area contributed by atoms with E-state index in [1.807, 2.05) is 18.2 Å². The Morgan fingerprint density at radius 2 is 1.97 bits per heavy atom. The molecule has 0 bridgehead atoms. The lowest BCUT2D eigenvalue weighted by molar-refractivity contribution is -0.143. The molecule has 2 aromatic rings. The van der Waals surface area contributed by atoms with Crippen molar-refractivity contribution >= 4 is 17.7 Å². The maximum Gasteiger partial charge on any atom is 0.326 e. The Kier molecular flexibility index (Phi) is 8.36. The smallest absolute Gasteiger partial charge is 0.326 e. The van der Waals surface area contributed by atoms with Crippen LogP contribution in [0.3, 0.4) is 0 Å². The molecule has 3 aliphatic rings. The molecule has 8 nitrogen and oxygen atoms in total. The van der Waals surface area contributed by atoms with Gasteiger partial charge in [-0.25, -0.2) is 9.78 Å². The highest BCUT2D eigenvalue weighted by atomic mass is 16.4. The van der Waals surface area contributed by atoms with Crippen molar-refractivity contribution in [3.8, 4) is 0 Å². The largest absolute Gasteiger partial charge is 0.480 e. The summed E-state index contributed by atoms with van der Waals surface area (Å²) >= 11 is 0. The maximum absolute atomic E-state index is 13.0. The summed E-state index contributed by atoms with van der Waals surface area (Å²) < 4.78 is 0. The van der Waals surface area contributed by atoms with E-state index in [2.05, 4.69) is 44.7 Å². The normalized spacial score (nSPS) is 21.0. The Bertz CT molecular complexity index is 1070. The van der Waals surface area contributed by atoms with Gasteiger partial charge in [0.2, 0.25) is 5.91 Å². The van der Waals surface area contributed by atoms with E-state index in [4.69, 9.17) is 4.98 Å². The highest BCUT2D eigenvalue weighted by Crippen LogP contribution is 2.24. The maximum atomic E-state index is 13.0. The van der Waals surface area contributed by atoms with Gasteiger partial charge in [0.15, 0.2) is 0 Å². The molecule has 2 saturated heterocycles. The zero-order valence-corrected chi connectivity index (χ0v) is 21.6. The highest BCUT2D eigenvalue weighted by Gasteiger charge is 2.34. The van der Waals surface area contributed by atoms with Gasteiger partial charge in [-0.05, 0) is 74.6 Å². The van der Waals surface area contributed by atoms with Crippen molar-refractivity contribution < 1.29 is 14.7 Å². The summed E-state index contributed by atoms with van der Waals surface area (Å²) in [7, 11) is 0. The van der Waals surface area contributed by atoms with Crippen molar-refractivity contribution in [1.82, 2.24) is 20.1 Å². The van der Waals surface area contributed by atoms with Crippen LogP contribution >= 0.6 is 0 Å². The number of fused-ring (bicyclic) bond motifs is 1. The Hall–Kier alpha value is -2.97. The van der Waals surface area contributed by atoms with Crippen molar-refractivity contribution in [3.63, 3.8) is 0 Å². The fourth-order valence-electron chi connectivity index (χ4n) is 5.87. The number of carboxylic acids is 1. The quantitative estimate of drug-likeness (QED) is 0.432. The highest BCUT2D eigenvalue weighted by molar-refractivity contribution is 5.87. The topological polar surface area (TPSA) is 97.8 Å². The van der Waals surface area contributed by atoms with Gasteiger partial charge in [-0.2, -0.15) is 0 Å². The van der Waals surface area contributed by atoms with Gasteiger partial charge in [-0.3, -0.25) is 9.69 Å². The number of pyridine rings is 1. The van der Waals surface area contributed by atoms with Crippen molar-refractivity contribution in [2.45, 2.75) is 63.6 Å². The summed E-state index contributed by atoms with van der Waals surface area (Å²) in [6.07, 6.45) is 6.51. The predicted octanol–water partition coefficient (Wildman–Crippen LogP) is 2.93. The summed E-state index contributed by atoms with van der Waals surface area (Å²) in [6.45, 7) is 5.23. The summed E-state index contributed by atoms with van der Waals surface area (Å²) in [6, 6.07) is 13.4. The van der Waals surface area contributed by atoms with Gasteiger partial charge < -0.3 is 20.6 Å². The number of hydrogen-bond donors (Lipinski definition) is 3. The van der Waals surface area contributed by atoms with Crippen LogP contribution in [0.4, 0.5) is 5.82 Å². The van der Waals surface area contributed by atoms with Gasteiger partial charge in [-0.15, -0.1) is 0 Å². The number of aromatic nitrogens is 1. The van der Waals surface area contributed by atoms with E-state index in [1.165, 1.54) is 17.5 Å². The summed E-state index contributed by atoms with van der Waals surface area (Å²) in [4.78, 5) is 34.2. The number of anilines is 1. The van der Waals surface area contributed by atoms with Crippen LogP contribution in [0.5, 0.6) is 0 Å². The molecule has 198 valence electrons. The van der Waals surface area contributed by atoms with Crippen LogP contribution in [-0.2, 0) is 29.0 Å². The fraction of sp³-hybridized carbons (Fsp3) is 0.552. The predicted molar refractivity (Wildman–Crippen MR) is 143 cm³/mol. The van der Waals surface area contributed by atoms with E-state index in [0.717, 1.165) is 69.8 Å². The third kappa shape index (κ3) is 6.67. The molecule has 0 saturated carbocycles. The van der Waals surface area contributed by atoms with Crippen molar-refractivity contribution in [2.75, 3.05) is 38.0 Å². The lowest BCUT2D eigenvalue weighted by Gasteiger charge is -2.40.